The summed E-state index contributed by atoms with van der Waals surface area (Å²) in [6, 6.07) is 0. The molecule has 0 bridgehead atoms. The summed E-state index contributed by atoms with van der Waals surface area (Å²) in [7, 11) is 3.58. The molecule has 7 heteroatoms. The highest BCUT2D eigenvalue weighted by atomic mass is 127. The lowest BCUT2D eigenvalue weighted by Crippen LogP contribution is -2.28. The third-order valence-corrected chi connectivity index (χ3v) is 4.01. The molecule has 0 aliphatic rings. The summed E-state index contributed by atoms with van der Waals surface area (Å²) in [5.74, 6) is -0.0296. The zero-order valence-corrected chi connectivity index (χ0v) is 14.2. The third-order valence-electron chi connectivity index (χ3n) is 3.22. The van der Waals surface area contributed by atoms with Crippen molar-refractivity contribution >= 4 is 28.5 Å². The second-order valence-electron chi connectivity index (χ2n) is 4.72. The smallest absolute Gasteiger partial charge is 0.273 e. The molecule has 0 radical (unpaired) electrons. The maximum atomic E-state index is 12.5. The fourth-order valence-electron chi connectivity index (χ4n) is 2.04. The Morgan fingerprint density at radius 2 is 2.20 bits per heavy atom. The van der Waals surface area contributed by atoms with Crippen LogP contribution in [-0.4, -0.2) is 37.4 Å². The highest BCUT2D eigenvalue weighted by Crippen LogP contribution is 2.15. The molecule has 0 fully saturated rings. The van der Waals surface area contributed by atoms with Gasteiger partial charge < -0.3 is 4.90 Å². The quantitative estimate of drug-likeness (QED) is 0.753. The van der Waals surface area contributed by atoms with Gasteiger partial charge in [0.05, 0.1) is 15.5 Å². The number of halogens is 1. The van der Waals surface area contributed by atoms with Crippen LogP contribution in [0.15, 0.2) is 12.4 Å². The van der Waals surface area contributed by atoms with Crippen molar-refractivity contribution in [2.75, 3.05) is 7.05 Å². The molecule has 108 valence electrons. The number of nitrogens with zero attached hydrogens (tertiary/aromatic N) is 5. The van der Waals surface area contributed by atoms with Crippen molar-refractivity contribution in [2.45, 2.75) is 26.9 Å². The van der Waals surface area contributed by atoms with Gasteiger partial charge in [-0.3, -0.25) is 14.2 Å². The maximum Gasteiger partial charge on any atom is 0.273 e. The van der Waals surface area contributed by atoms with Gasteiger partial charge in [0, 0.05) is 38.9 Å². The van der Waals surface area contributed by atoms with Crippen molar-refractivity contribution in [3.63, 3.8) is 0 Å². The zero-order valence-electron chi connectivity index (χ0n) is 12.1. The lowest BCUT2D eigenvalue weighted by Gasteiger charge is -2.17. The van der Waals surface area contributed by atoms with Crippen LogP contribution < -0.4 is 0 Å². The molecule has 0 aliphatic heterocycles. The maximum absolute atomic E-state index is 12.5. The Hall–Kier alpha value is -1.38. The first-order chi connectivity index (χ1) is 9.43. The summed E-state index contributed by atoms with van der Waals surface area (Å²) < 4.78 is 4.36. The minimum atomic E-state index is -0.0296. The molecule has 0 aromatic carbocycles. The average molecular weight is 387 g/mol. The number of rotatable bonds is 4. The van der Waals surface area contributed by atoms with Gasteiger partial charge in [0.2, 0.25) is 0 Å². The Bertz CT molecular complexity index is 611. The first-order valence-electron chi connectivity index (χ1n) is 6.40. The van der Waals surface area contributed by atoms with E-state index in [0.717, 1.165) is 21.4 Å². The van der Waals surface area contributed by atoms with Crippen LogP contribution in [0, 0.1) is 10.5 Å². The molecule has 1 amide bonds. The predicted molar refractivity (Wildman–Crippen MR) is 84.4 cm³/mol. The van der Waals surface area contributed by atoms with Crippen molar-refractivity contribution < 1.29 is 4.79 Å². The van der Waals surface area contributed by atoms with Gasteiger partial charge >= 0.3 is 0 Å². The summed E-state index contributed by atoms with van der Waals surface area (Å²) in [6.07, 6.45) is 3.69. The molecule has 0 unspecified atom stereocenters. The van der Waals surface area contributed by atoms with Crippen LogP contribution in [0.25, 0.3) is 0 Å². The highest BCUT2D eigenvalue weighted by Gasteiger charge is 2.20. The number of hydrogen-bond donors (Lipinski definition) is 0. The van der Waals surface area contributed by atoms with Gasteiger partial charge in [0.1, 0.15) is 5.69 Å². The molecular weight excluding hydrogens is 369 g/mol. The third kappa shape index (κ3) is 2.87. The van der Waals surface area contributed by atoms with Crippen LogP contribution in [0.2, 0.25) is 0 Å². The van der Waals surface area contributed by atoms with Gasteiger partial charge in [-0.15, -0.1) is 0 Å². The normalized spacial score (nSPS) is 10.8. The van der Waals surface area contributed by atoms with Gasteiger partial charge in [-0.25, -0.2) is 0 Å². The van der Waals surface area contributed by atoms with E-state index in [2.05, 4.69) is 32.8 Å². The zero-order chi connectivity index (χ0) is 14.9. The molecule has 0 atom stereocenters. The Morgan fingerprint density at radius 3 is 2.70 bits per heavy atom. The first kappa shape index (κ1) is 15.0. The van der Waals surface area contributed by atoms with Crippen LogP contribution in [0.4, 0.5) is 0 Å². The van der Waals surface area contributed by atoms with Gasteiger partial charge in [0.25, 0.3) is 5.91 Å². The minimum absolute atomic E-state index is 0.0296. The van der Waals surface area contributed by atoms with Crippen molar-refractivity contribution in [2.24, 2.45) is 7.05 Å². The molecule has 0 saturated carbocycles. The van der Waals surface area contributed by atoms with E-state index in [1.165, 1.54) is 0 Å². The largest absolute Gasteiger partial charge is 0.336 e. The molecular formula is C13H18IN5O. The first-order valence-corrected chi connectivity index (χ1v) is 7.47. The van der Waals surface area contributed by atoms with Crippen LogP contribution in [0.1, 0.15) is 28.7 Å². The number of hydrogen-bond acceptors (Lipinski definition) is 3. The summed E-state index contributed by atoms with van der Waals surface area (Å²) in [5.41, 5.74) is 2.65. The van der Waals surface area contributed by atoms with Crippen molar-refractivity contribution in [3.8, 4) is 0 Å². The molecule has 6 nitrogen and oxygen atoms in total. The lowest BCUT2D eigenvalue weighted by molar-refractivity contribution is 0.0773. The molecule has 0 saturated heterocycles. The molecule has 2 aromatic heterocycles. The van der Waals surface area contributed by atoms with Crippen LogP contribution in [0.5, 0.6) is 0 Å². The van der Waals surface area contributed by atoms with Crippen molar-refractivity contribution in [1.82, 2.24) is 24.5 Å². The highest BCUT2D eigenvalue weighted by molar-refractivity contribution is 14.1. The summed E-state index contributed by atoms with van der Waals surface area (Å²) >= 11 is 2.13. The summed E-state index contributed by atoms with van der Waals surface area (Å²) in [5, 5.41) is 8.51. The van der Waals surface area contributed by atoms with E-state index in [1.807, 2.05) is 24.7 Å². The molecule has 0 aliphatic carbocycles. The van der Waals surface area contributed by atoms with Gasteiger partial charge in [-0.05, 0) is 36.4 Å². The van der Waals surface area contributed by atoms with E-state index in [1.54, 1.807) is 29.9 Å². The average Bonchev–Trinajstić information content (AvgIpc) is 2.92. The van der Waals surface area contributed by atoms with Gasteiger partial charge in [-0.1, -0.05) is 0 Å². The Morgan fingerprint density at radius 1 is 1.50 bits per heavy atom. The minimum Gasteiger partial charge on any atom is -0.336 e. The number of aromatic nitrogens is 4. The number of carbonyl (C=O) groups excluding carboxylic acids is 1. The topological polar surface area (TPSA) is 56.0 Å². The molecule has 2 heterocycles. The van der Waals surface area contributed by atoms with E-state index in [9.17, 15) is 4.79 Å². The molecule has 0 spiro atoms. The fraction of sp³-hybridized carbons (Fsp3) is 0.462. The van der Waals surface area contributed by atoms with Gasteiger partial charge in [-0.2, -0.15) is 10.2 Å². The number of carbonyl (C=O) groups is 1. The van der Waals surface area contributed by atoms with E-state index in [-0.39, 0.29) is 5.91 Å². The second kappa shape index (κ2) is 5.94. The van der Waals surface area contributed by atoms with Crippen LogP contribution >= 0.6 is 22.6 Å². The summed E-state index contributed by atoms with van der Waals surface area (Å²) in [6.45, 7) is 5.39. The Kier molecular flexibility index (Phi) is 4.46. The second-order valence-corrected chi connectivity index (χ2v) is 5.88. The van der Waals surface area contributed by atoms with E-state index >= 15 is 0 Å². The van der Waals surface area contributed by atoms with Crippen molar-refractivity contribution in [3.05, 3.63) is 32.9 Å². The lowest BCUT2D eigenvalue weighted by atomic mass is 10.2. The van der Waals surface area contributed by atoms with E-state index < -0.39 is 0 Å². The predicted octanol–water partition coefficient (Wildman–Crippen LogP) is 1.82. The standard InChI is InChI=1S/C13H18IN5O/c1-5-19-8-10(9(2)16-19)7-17(3)13(20)12-11(14)6-15-18(12)4/h6,8H,5,7H2,1-4H3. The van der Waals surface area contributed by atoms with E-state index in [4.69, 9.17) is 0 Å². The Labute approximate surface area is 131 Å². The van der Waals surface area contributed by atoms with Gasteiger partial charge in [0.15, 0.2) is 0 Å². The number of aryl methyl sites for hydroxylation is 3. The molecule has 2 aromatic rings. The van der Waals surface area contributed by atoms with Crippen molar-refractivity contribution in [1.29, 1.82) is 0 Å². The molecule has 20 heavy (non-hydrogen) atoms. The fourth-order valence-corrected chi connectivity index (χ4v) is 2.74. The Balaban J connectivity index is 2.17. The SMILES string of the molecule is CCn1cc(CN(C)C(=O)c2c(I)cnn2C)c(C)n1. The number of amides is 1. The molecule has 0 N–H and O–H groups in total. The molecule has 2 rings (SSSR count). The summed E-state index contributed by atoms with van der Waals surface area (Å²) in [4.78, 5) is 14.2. The van der Waals surface area contributed by atoms with E-state index in [0.29, 0.717) is 12.2 Å². The van der Waals surface area contributed by atoms with Crippen LogP contribution in [-0.2, 0) is 20.1 Å². The van der Waals surface area contributed by atoms with Crippen LogP contribution in [0.3, 0.4) is 0 Å². The monoisotopic (exact) mass is 387 g/mol.